The Labute approximate surface area is 169 Å². The van der Waals surface area contributed by atoms with E-state index in [9.17, 15) is 18.3 Å². The Bertz CT molecular complexity index is 915. The Morgan fingerprint density at radius 2 is 1.81 bits per heavy atom. The number of hydrogen-bond donors (Lipinski definition) is 1. The van der Waals surface area contributed by atoms with Gasteiger partial charge in [0.1, 0.15) is 4.60 Å². The van der Waals surface area contributed by atoms with E-state index in [4.69, 9.17) is 0 Å². The number of aromatic nitrogens is 1. The summed E-state index contributed by atoms with van der Waals surface area (Å²) in [6.07, 6.45) is 1.07. The topological polar surface area (TPSA) is 79.6 Å². The smallest absolute Gasteiger partial charge is 0.407 e. The van der Waals surface area contributed by atoms with E-state index in [1.54, 1.807) is 18.2 Å². The lowest BCUT2D eigenvalue weighted by Gasteiger charge is -2.27. The zero-order valence-corrected chi connectivity index (χ0v) is 18.3. The normalized spacial score (nSPS) is 12.2. The molecule has 0 saturated heterocycles. The highest BCUT2D eigenvalue weighted by molar-refractivity contribution is 9.10. The van der Waals surface area contributed by atoms with Crippen LogP contribution in [0.3, 0.4) is 0 Å². The van der Waals surface area contributed by atoms with Crippen molar-refractivity contribution in [3.63, 3.8) is 0 Å². The Morgan fingerprint density at radius 3 is 2.30 bits per heavy atom. The highest BCUT2D eigenvalue weighted by atomic mass is 79.9. The van der Waals surface area contributed by atoms with Crippen LogP contribution in [0.15, 0.2) is 46.0 Å². The molecule has 6 nitrogen and oxygen atoms in total. The number of nitrogens with zero attached hydrogens (tertiary/aromatic N) is 2. The first-order chi connectivity index (χ1) is 12.5. The van der Waals surface area contributed by atoms with Crippen molar-refractivity contribution in [3.05, 3.63) is 52.3 Å². The third kappa shape index (κ3) is 4.93. The van der Waals surface area contributed by atoms with E-state index in [1.165, 1.54) is 27.2 Å². The Kier molecular flexibility index (Phi) is 6.42. The molecule has 0 aliphatic carbocycles. The summed E-state index contributed by atoms with van der Waals surface area (Å²) in [6, 6.07) is 8.17. The summed E-state index contributed by atoms with van der Waals surface area (Å²) >= 11 is 3.40. The fourth-order valence-corrected chi connectivity index (χ4v) is 5.43. The Balaban J connectivity index is 2.48. The summed E-state index contributed by atoms with van der Waals surface area (Å²) in [7, 11) is -3.77. The molecule has 0 aliphatic heterocycles. The predicted molar refractivity (Wildman–Crippen MR) is 108 cm³/mol. The zero-order chi connectivity index (χ0) is 20.4. The maximum absolute atomic E-state index is 13.0. The number of benzene rings is 1. The number of amides is 1. The van der Waals surface area contributed by atoms with Crippen molar-refractivity contribution < 1.29 is 18.3 Å². The van der Waals surface area contributed by atoms with Gasteiger partial charge in [-0.15, -0.1) is 0 Å². The van der Waals surface area contributed by atoms with Crippen LogP contribution in [-0.2, 0) is 23.0 Å². The molecular weight excluding hydrogens is 432 g/mol. The molecule has 0 spiro atoms. The molecule has 2 rings (SSSR count). The lowest BCUT2D eigenvalue weighted by molar-refractivity contribution is 0.122. The van der Waals surface area contributed by atoms with E-state index in [0.717, 1.165) is 5.56 Å². The molecule has 2 aromatic rings. The number of hydrogen-bond acceptors (Lipinski definition) is 3. The molecule has 1 aromatic carbocycles. The molecular formula is C19H25BrN2O4S. The van der Waals surface area contributed by atoms with Gasteiger partial charge in [0.25, 0.3) is 10.0 Å². The van der Waals surface area contributed by atoms with E-state index >= 15 is 0 Å². The van der Waals surface area contributed by atoms with Crippen LogP contribution in [0.25, 0.3) is 0 Å². The van der Waals surface area contributed by atoms with Crippen molar-refractivity contribution >= 4 is 32.0 Å². The molecule has 0 saturated carbocycles. The quantitative estimate of drug-likeness (QED) is 0.689. The molecule has 27 heavy (non-hydrogen) atoms. The second-order valence-corrected chi connectivity index (χ2v) is 10.2. The number of rotatable bonds is 6. The lowest BCUT2D eigenvalue weighted by Crippen LogP contribution is -2.36. The molecule has 0 fully saturated rings. The Hall–Kier alpha value is -1.80. The van der Waals surface area contributed by atoms with Crippen molar-refractivity contribution in [1.82, 2.24) is 8.87 Å². The van der Waals surface area contributed by atoms with Crippen LogP contribution in [0.2, 0.25) is 0 Å². The van der Waals surface area contributed by atoms with Gasteiger partial charge in [0.05, 0.1) is 11.4 Å². The van der Waals surface area contributed by atoms with Gasteiger partial charge in [0, 0.05) is 12.7 Å². The van der Waals surface area contributed by atoms with Gasteiger partial charge in [-0.3, -0.25) is 0 Å². The Morgan fingerprint density at radius 1 is 1.22 bits per heavy atom. The first kappa shape index (κ1) is 21.5. The SMILES string of the molecule is CCc1c(CN(CC(C)(C)C)C(=O)O)cn(S(=O)(=O)c2ccccc2)c1Br. The van der Waals surface area contributed by atoms with Crippen molar-refractivity contribution in [2.75, 3.05) is 6.54 Å². The van der Waals surface area contributed by atoms with Crippen LogP contribution < -0.4 is 0 Å². The van der Waals surface area contributed by atoms with E-state index < -0.39 is 16.1 Å². The van der Waals surface area contributed by atoms with Crippen LogP contribution in [0.4, 0.5) is 4.79 Å². The average Bonchev–Trinajstić information content (AvgIpc) is 2.90. The van der Waals surface area contributed by atoms with E-state index in [-0.39, 0.29) is 16.9 Å². The summed E-state index contributed by atoms with van der Waals surface area (Å²) < 4.78 is 27.6. The largest absolute Gasteiger partial charge is 0.465 e. The molecule has 1 amide bonds. The van der Waals surface area contributed by atoms with Gasteiger partial charge >= 0.3 is 6.09 Å². The predicted octanol–water partition coefficient (Wildman–Crippen LogP) is 4.58. The summed E-state index contributed by atoms with van der Waals surface area (Å²) in [5.74, 6) is 0. The minimum absolute atomic E-state index is 0.131. The highest BCUT2D eigenvalue weighted by Crippen LogP contribution is 2.30. The third-order valence-electron chi connectivity index (χ3n) is 4.05. The first-order valence-electron chi connectivity index (χ1n) is 8.64. The third-order valence-corrected chi connectivity index (χ3v) is 6.82. The summed E-state index contributed by atoms with van der Waals surface area (Å²) in [5, 5.41) is 9.56. The van der Waals surface area contributed by atoms with Gasteiger partial charge in [-0.25, -0.2) is 17.2 Å². The van der Waals surface area contributed by atoms with Crippen LogP contribution >= 0.6 is 15.9 Å². The standard InChI is InChI=1S/C19H25BrN2O4S/c1-5-16-14(11-21(18(23)24)13-19(2,3)4)12-22(17(16)20)27(25,26)15-9-7-6-8-10-15/h6-10,12H,5,11,13H2,1-4H3,(H,23,24). The molecule has 0 unspecified atom stereocenters. The summed E-state index contributed by atoms with van der Waals surface area (Å²) in [4.78, 5) is 13.2. The summed E-state index contributed by atoms with van der Waals surface area (Å²) in [6.45, 7) is 8.28. The minimum Gasteiger partial charge on any atom is -0.465 e. The van der Waals surface area contributed by atoms with Crippen LogP contribution in [-0.4, -0.2) is 35.0 Å². The molecule has 0 bridgehead atoms. The van der Waals surface area contributed by atoms with Crippen LogP contribution in [0.5, 0.6) is 0 Å². The second-order valence-electron chi connectivity index (χ2n) is 7.59. The van der Waals surface area contributed by atoms with Crippen LogP contribution in [0, 0.1) is 5.41 Å². The number of carboxylic acid groups (broad SMARTS) is 1. The van der Waals surface area contributed by atoms with E-state index in [1.807, 2.05) is 27.7 Å². The molecule has 0 atom stereocenters. The maximum atomic E-state index is 13.0. The summed E-state index contributed by atoms with van der Waals surface area (Å²) in [5.41, 5.74) is 1.26. The molecule has 1 heterocycles. The number of carbonyl (C=O) groups is 1. The van der Waals surface area contributed by atoms with Gasteiger partial charge in [0.2, 0.25) is 0 Å². The molecule has 8 heteroatoms. The van der Waals surface area contributed by atoms with Gasteiger partial charge in [-0.2, -0.15) is 0 Å². The van der Waals surface area contributed by atoms with Gasteiger partial charge in [-0.1, -0.05) is 45.9 Å². The fourth-order valence-electron chi connectivity index (χ4n) is 2.90. The number of halogens is 1. The fraction of sp³-hybridized carbons (Fsp3) is 0.421. The molecule has 0 aliphatic rings. The van der Waals surface area contributed by atoms with E-state index in [0.29, 0.717) is 23.1 Å². The molecule has 1 N–H and O–H groups in total. The van der Waals surface area contributed by atoms with Crippen molar-refractivity contribution in [2.24, 2.45) is 5.41 Å². The van der Waals surface area contributed by atoms with E-state index in [2.05, 4.69) is 15.9 Å². The van der Waals surface area contributed by atoms with Gasteiger partial charge in [-0.05, 0) is 51.0 Å². The highest BCUT2D eigenvalue weighted by Gasteiger charge is 2.26. The van der Waals surface area contributed by atoms with Crippen LogP contribution in [0.1, 0.15) is 38.8 Å². The molecule has 1 aromatic heterocycles. The maximum Gasteiger partial charge on any atom is 0.407 e. The molecule has 0 radical (unpaired) electrons. The van der Waals surface area contributed by atoms with Crippen molar-refractivity contribution in [3.8, 4) is 0 Å². The van der Waals surface area contributed by atoms with Crippen molar-refractivity contribution in [2.45, 2.75) is 45.6 Å². The first-order valence-corrected chi connectivity index (χ1v) is 10.9. The monoisotopic (exact) mass is 456 g/mol. The minimum atomic E-state index is -3.77. The van der Waals surface area contributed by atoms with Crippen molar-refractivity contribution in [1.29, 1.82) is 0 Å². The second kappa shape index (κ2) is 8.06. The zero-order valence-electron chi connectivity index (χ0n) is 15.9. The average molecular weight is 457 g/mol. The molecule has 148 valence electrons. The lowest BCUT2D eigenvalue weighted by atomic mass is 9.96. The van der Waals surface area contributed by atoms with Gasteiger partial charge < -0.3 is 10.0 Å². The van der Waals surface area contributed by atoms with Gasteiger partial charge in [0.15, 0.2) is 0 Å².